The molecule has 9 aromatic rings. The molecule has 8 heteroatoms. The molecule has 5 heterocycles. The third kappa shape index (κ3) is 8.00. The molecule has 9 rings (SSSR count). The van der Waals surface area contributed by atoms with Gasteiger partial charge in [-0.3, -0.25) is 0 Å². The Morgan fingerprint density at radius 3 is 2.00 bits per heavy atom. The normalized spacial score (nSPS) is 12.2. The summed E-state index contributed by atoms with van der Waals surface area (Å²) >= 11 is -0.231. The minimum absolute atomic E-state index is 0. The SMILES string of the molecule is C[CH2][Ge]([CH2]C)([CH2]C)[c]1ccc(-c2[c-]nc3oc4ccccc4c3c2C(C)(C)c2ccccc2)nc1.Cc1c[c-]c(-c2ccc([Si](C)(C)C)cn2)c2sc3ccccc3c12.[Ir]. The zero-order valence-electron chi connectivity index (χ0n) is 36.2. The van der Waals surface area contributed by atoms with E-state index in [4.69, 9.17) is 14.4 Å². The summed E-state index contributed by atoms with van der Waals surface area (Å²) in [7, 11) is -1.32. The Balaban J connectivity index is 0.000000191. The van der Waals surface area contributed by atoms with E-state index in [-0.39, 0.29) is 25.5 Å². The molecule has 1 radical (unpaired) electrons. The molecule has 307 valence electrons. The van der Waals surface area contributed by atoms with Crippen LogP contribution < -0.4 is 9.58 Å². The standard InChI is InChI=1S/C31H33GeN2O.C21H20NSSi.Ir/c1-6-32(7-2,8-3)23-18-19-26(33-20-23)25-21-34-30-28(24-16-12-13-17-27(24)35-30)29(25)31(4,5)22-14-10-9-11-15-22;1-14-9-11-16(18-12-10-15(13-22-18)24(2,3)4)21-20(14)17-7-5-6-8-19(17)23-21;/h9-20H,6-8H2,1-5H3;5-10,12-13H,1-4H3;/q2*-1;. The number of hydrogen-bond donors (Lipinski definition) is 0. The Kier molecular flexibility index (Phi) is 12.9. The van der Waals surface area contributed by atoms with E-state index in [0.717, 1.165) is 44.4 Å². The summed E-state index contributed by atoms with van der Waals surface area (Å²) in [5.41, 5.74) is 8.87. The molecule has 4 nitrogen and oxygen atoms in total. The van der Waals surface area contributed by atoms with Crippen molar-refractivity contribution in [2.24, 2.45) is 0 Å². The number of aromatic nitrogens is 3. The van der Waals surface area contributed by atoms with E-state index >= 15 is 0 Å². The molecular weight excluding hydrogens is 1010 g/mol. The molecule has 0 N–H and O–H groups in total. The van der Waals surface area contributed by atoms with Crippen LogP contribution in [0.2, 0.25) is 35.4 Å². The number of furan rings is 1. The molecule has 0 aliphatic heterocycles. The molecule has 0 atom stereocenters. The van der Waals surface area contributed by atoms with Gasteiger partial charge in [-0.25, -0.2) is 0 Å². The smallest absolute Gasteiger partial charge is 0.0795 e. The largest absolute Gasteiger partial charge is 0.305 e. The summed E-state index contributed by atoms with van der Waals surface area (Å²) in [5, 5.41) is 10.1. The van der Waals surface area contributed by atoms with Gasteiger partial charge in [-0.05, 0) is 27.0 Å². The fourth-order valence-corrected chi connectivity index (χ4v) is 18.4. The van der Waals surface area contributed by atoms with E-state index in [1.807, 2.05) is 23.5 Å². The summed E-state index contributed by atoms with van der Waals surface area (Å²) in [4.78, 5) is 14.5. The van der Waals surface area contributed by atoms with Crippen LogP contribution in [0.5, 0.6) is 0 Å². The van der Waals surface area contributed by atoms with Gasteiger partial charge in [-0.2, -0.15) is 11.3 Å². The van der Waals surface area contributed by atoms with Gasteiger partial charge in [-0.15, -0.1) is 23.3 Å². The van der Waals surface area contributed by atoms with E-state index in [1.54, 1.807) is 0 Å². The van der Waals surface area contributed by atoms with Gasteiger partial charge in [0.2, 0.25) is 0 Å². The zero-order chi connectivity index (χ0) is 41.5. The quantitative estimate of drug-likeness (QED) is 0.107. The molecule has 5 aromatic heterocycles. The van der Waals surface area contributed by atoms with Crippen molar-refractivity contribution in [2.75, 3.05) is 0 Å². The number of para-hydroxylation sites is 1. The summed E-state index contributed by atoms with van der Waals surface area (Å²) in [6, 6.07) is 42.0. The van der Waals surface area contributed by atoms with Gasteiger partial charge in [-0.1, -0.05) is 62.3 Å². The van der Waals surface area contributed by atoms with Crippen molar-refractivity contribution < 1.29 is 24.5 Å². The molecule has 0 spiro atoms. The summed E-state index contributed by atoms with van der Waals surface area (Å²) in [6.07, 6.45) is 7.56. The van der Waals surface area contributed by atoms with Crippen LogP contribution in [0.4, 0.5) is 0 Å². The maximum absolute atomic E-state index is 6.17. The average molecular weight is 1060 g/mol. The van der Waals surface area contributed by atoms with Gasteiger partial charge in [0.15, 0.2) is 0 Å². The van der Waals surface area contributed by atoms with Crippen molar-refractivity contribution in [1.29, 1.82) is 0 Å². The fraction of sp³-hybridized carbons (Fsp3) is 0.250. The van der Waals surface area contributed by atoms with E-state index < -0.39 is 21.3 Å². The Morgan fingerprint density at radius 1 is 0.717 bits per heavy atom. The summed E-state index contributed by atoms with van der Waals surface area (Å²) in [5.74, 6) is 0. The van der Waals surface area contributed by atoms with Crippen molar-refractivity contribution in [1.82, 2.24) is 15.0 Å². The second kappa shape index (κ2) is 17.6. The monoisotopic (exact) mass is 1060 g/mol. The van der Waals surface area contributed by atoms with Crippen LogP contribution in [-0.2, 0) is 25.5 Å². The van der Waals surface area contributed by atoms with E-state index in [0.29, 0.717) is 5.71 Å². The number of aryl methyl sites for hydroxylation is 1. The molecule has 0 saturated carbocycles. The Bertz CT molecular complexity index is 2900. The van der Waals surface area contributed by atoms with Crippen molar-refractivity contribution in [2.45, 2.75) is 82.4 Å². The average Bonchev–Trinajstić information content (AvgIpc) is 3.84. The zero-order valence-corrected chi connectivity index (χ0v) is 42.5. The predicted molar refractivity (Wildman–Crippen MR) is 258 cm³/mol. The number of fused-ring (bicyclic) bond motifs is 6. The van der Waals surface area contributed by atoms with Gasteiger partial charge in [0.05, 0.1) is 8.07 Å². The summed E-state index contributed by atoms with van der Waals surface area (Å²) in [6.45, 7) is 20.9. The molecule has 0 aliphatic carbocycles. The van der Waals surface area contributed by atoms with Crippen LogP contribution in [0.3, 0.4) is 0 Å². The Hall–Kier alpha value is -4.24. The van der Waals surface area contributed by atoms with Crippen LogP contribution in [0.25, 0.3) is 64.8 Å². The molecule has 0 amide bonds. The molecule has 0 fully saturated rings. The molecule has 4 aromatic carbocycles. The summed E-state index contributed by atoms with van der Waals surface area (Å²) < 4.78 is 10.3. The second-order valence-electron chi connectivity index (χ2n) is 17.3. The van der Waals surface area contributed by atoms with Crippen LogP contribution in [0.1, 0.15) is 51.3 Å². The van der Waals surface area contributed by atoms with Crippen molar-refractivity contribution in [3.63, 3.8) is 0 Å². The molecule has 0 saturated heterocycles. The minimum atomic E-state index is -2.08. The second-order valence-corrected chi connectivity index (χ2v) is 34.5. The number of thiophene rings is 1. The third-order valence-electron chi connectivity index (χ3n) is 12.7. The fourth-order valence-electron chi connectivity index (χ4n) is 8.77. The predicted octanol–water partition coefficient (Wildman–Crippen LogP) is 13.7. The van der Waals surface area contributed by atoms with Crippen LogP contribution >= 0.6 is 11.3 Å². The maximum atomic E-state index is 6.17. The van der Waals surface area contributed by atoms with Crippen LogP contribution in [0.15, 0.2) is 126 Å². The molecule has 0 bridgehead atoms. The minimum Gasteiger partial charge on any atom is -0.305 e. The van der Waals surface area contributed by atoms with E-state index in [1.165, 1.54) is 56.6 Å². The van der Waals surface area contributed by atoms with Gasteiger partial charge in [0.1, 0.15) is 0 Å². The Labute approximate surface area is 376 Å². The first kappa shape index (κ1) is 43.8. The topological polar surface area (TPSA) is 51.8 Å². The Morgan fingerprint density at radius 2 is 1.35 bits per heavy atom. The first-order valence-corrected chi connectivity index (χ1v) is 30.8. The molecular formula is C52H53GeIrN3OSSi-2. The van der Waals surface area contributed by atoms with Gasteiger partial charge >= 0.3 is 211 Å². The third-order valence-corrected chi connectivity index (χ3v) is 27.6. The van der Waals surface area contributed by atoms with E-state index in [9.17, 15) is 0 Å². The van der Waals surface area contributed by atoms with Gasteiger partial charge in [0.25, 0.3) is 0 Å². The number of hydrogen-bond acceptors (Lipinski definition) is 5. The van der Waals surface area contributed by atoms with Crippen molar-refractivity contribution >= 4 is 84.5 Å². The van der Waals surface area contributed by atoms with Gasteiger partial charge < -0.3 is 4.98 Å². The maximum Gasteiger partial charge on any atom is 0.0795 e. The van der Waals surface area contributed by atoms with Gasteiger partial charge in [0, 0.05) is 31.0 Å². The number of pyridine rings is 3. The first-order chi connectivity index (χ1) is 28.4. The number of benzene rings is 4. The van der Waals surface area contributed by atoms with Crippen molar-refractivity contribution in [3.8, 4) is 22.5 Å². The van der Waals surface area contributed by atoms with Crippen LogP contribution in [-0.4, -0.2) is 36.3 Å². The van der Waals surface area contributed by atoms with Crippen molar-refractivity contribution in [3.05, 3.63) is 151 Å². The number of nitrogens with zero attached hydrogens (tertiary/aromatic N) is 3. The number of rotatable bonds is 9. The van der Waals surface area contributed by atoms with Crippen LogP contribution in [0, 0.1) is 19.2 Å². The first-order valence-electron chi connectivity index (χ1n) is 21.0. The molecule has 60 heavy (non-hydrogen) atoms. The molecule has 0 unspecified atom stereocenters. The van der Waals surface area contributed by atoms with E-state index in [2.05, 4.69) is 188 Å². The molecule has 0 aliphatic rings.